The minimum atomic E-state index is -4.36. The molecular formula is C22H22F3N5O3S. The Balaban J connectivity index is 0.00000274. The summed E-state index contributed by atoms with van der Waals surface area (Å²) in [6, 6.07) is 9.07. The van der Waals surface area contributed by atoms with E-state index in [1.54, 1.807) is 4.57 Å². The van der Waals surface area contributed by atoms with Gasteiger partial charge in [-0.25, -0.2) is 0 Å². The minimum Gasteiger partial charge on any atom is -0.436 e. The van der Waals surface area contributed by atoms with E-state index in [-0.39, 0.29) is 25.3 Å². The van der Waals surface area contributed by atoms with Crippen molar-refractivity contribution in [1.29, 1.82) is 0 Å². The summed E-state index contributed by atoms with van der Waals surface area (Å²) < 4.78 is 46.0. The van der Waals surface area contributed by atoms with E-state index in [9.17, 15) is 23.3 Å². The van der Waals surface area contributed by atoms with E-state index >= 15 is 0 Å². The number of halogens is 3. The lowest BCUT2D eigenvalue weighted by Crippen LogP contribution is -2.46. The summed E-state index contributed by atoms with van der Waals surface area (Å²) >= 11 is 0. The van der Waals surface area contributed by atoms with Gasteiger partial charge in [-0.1, -0.05) is 18.2 Å². The molecule has 0 bridgehead atoms. The van der Waals surface area contributed by atoms with Gasteiger partial charge in [-0.15, -0.1) is 0 Å². The standard InChI is InChI=1S/C22H20F3N5O3.H2S/c1-21(13-29-11-19(30(31)32)27-20(29)33-21)12-28-9-8-18-15(10-28)4-7-17(26-18)14-2-5-16(6-3-14)22(23,24)25;/h2-7,11H,8-10,12-13H2,1H3;1H2/t21-;/m0./s1. The number of nitrogens with zero attached hydrogens (tertiary/aromatic N) is 5. The van der Waals surface area contributed by atoms with Crippen molar-refractivity contribution in [2.24, 2.45) is 0 Å². The number of ether oxygens (including phenoxy) is 1. The molecule has 0 radical (unpaired) electrons. The van der Waals surface area contributed by atoms with Crippen LogP contribution in [0.25, 0.3) is 11.3 Å². The summed E-state index contributed by atoms with van der Waals surface area (Å²) in [4.78, 5) is 21.2. The van der Waals surface area contributed by atoms with Crippen LogP contribution in [0, 0.1) is 10.1 Å². The van der Waals surface area contributed by atoms with Gasteiger partial charge in [0.1, 0.15) is 11.8 Å². The maximum absolute atomic E-state index is 12.8. The molecule has 4 heterocycles. The first-order valence-electron chi connectivity index (χ1n) is 10.4. The van der Waals surface area contributed by atoms with Gasteiger partial charge in [0.05, 0.1) is 17.8 Å². The molecule has 2 aromatic heterocycles. The number of hydrogen-bond acceptors (Lipinski definition) is 6. The zero-order valence-corrected chi connectivity index (χ0v) is 19.2. The lowest BCUT2D eigenvalue weighted by molar-refractivity contribution is -0.389. The lowest BCUT2D eigenvalue weighted by atomic mass is 10.00. The Morgan fingerprint density at radius 1 is 1.18 bits per heavy atom. The van der Waals surface area contributed by atoms with Gasteiger partial charge in [0.15, 0.2) is 0 Å². The molecule has 12 heteroatoms. The van der Waals surface area contributed by atoms with E-state index < -0.39 is 22.3 Å². The average Bonchev–Trinajstić information content (AvgIpc) is 3.28. The molecule has 0 aliphatic carbocycles. The largest absolute Gasteiger partial charge is 0.436 e. The van der Waals surface area contributed by atoms with E-state index in [0.29, 0.717) is 37.3 Å². The van der Waals surface area contributed by atoms with Crippen molar-refractivity contribution in [1.82, 2.24) is 19.4 Å². The summed E-state index contributed by atoms with van der Waals surface area (Å²) in [5.74, 6) is -0.228. The second-order valence-corrected chi connectivity index (χ2v) is 8.66. The predicted octanol–water partition coefficient (Wildman–Crippen LogP) is 4.19. The van der Waals surface area contributed by atoms with Crippen LogP contribution < -0.4 is 4.74 Å². The van der Waals surface area contributed by atoms with Crippen LogP contribution in [-0.2, 0) is 25.7 Å². The Bertz CT molecular complexity index is 1210. The zero-order chi connectivity index (χ0) is 23.4. The van der Waals surface area contributed by atoms with Crippen LogP contribution in [0.5, 0.6) is 6.01 Å². The third kappa shape index (κ3) is 4.60. The van der Waals surface area contributed by atoms with Crippen LogP contribution in [0.4, 0.5) is 19.0 Å². The number of rotatable bonds is 4. The second-order valence-electron chi connectivity index (χ2n) is 8.66. The maximum atomic E-state index is 12.8. The van der Waals surface area contributed by atoms with E-state index in [0.717, 1.165) is 29.9 Å². The SMILES string of the molecule is C[C@]1(CN2CCc3nc(-c4ccc(C(F)(F)F)cc4)ccc3C2)Cn2cc([N+](=O)[O-])nc2O1.S. The van der Waals surface area contributed by atoms with Crippen molar-refractivity contribution in [3.63, 3.8) is 0 Å². The molecule has 0 spiro atoms. The number of aromatic nitrogens is 3. The van der Waals surface area contributed by atoms with Gasteiger partial charge >= 0.3 is 18.0 Å². The number of hydrogen-bond donors (Lipinski definition) is 0. The van der Waals surface area contributed by atoms with E-state index in [4.69, 9.17) is 9.72 Å². The molecule has 0 fully saturated rings. The van der Waals surface area contributed by atoms with Crippen LogP contribution in [-0.4, -0.2) is 43.0 Å². The number of pyridine rings is 1. The molecule has 0 N–H and O–H groups in total. The molecule has 3 aromatic rings. The Kier molecular flexibility index (Phi) is 6.06. The first kappa shape index (κ1) is 24.0. The number of benzene rings is 1. The molecular weight excluding hydrogens is 471 g/mol. The van der Waals surface area contributed by atoms with Crippen molar-refractivity contribution in [3.05, 3.63) is 69.5 Å². The molecule has 0 saturated heterocycles. The molecule has 2 aliphatic rings. The Morgan fingerprint density at radius 2 is 1.91 bits per heavy atom. The van der Waals surface area contributed by atoms with Crippen LogP contribution in [0.15, 0.2) is 42.6 Å². The third-order valence-electron chi connectivity index (χ3n) is 5.95. The van der Waals surface area contributed by atoms with E-state index in [1.807, 2.05) is 19.1 Å². The van der Waals surface area contributed by atoms with Crippen molar-refractivity contribution >= 4 is 19.3 Å². The van der Waals surface area contributed by atoms with Gasteiger partial charge in [0.2, 0.25) is 0 Å². The van der Waals surface area contributed by atoms with Gasteiger partial charge < -0.3 is 14.9 Å². The topological polar surface area (TPSA) is 86.3 Å². The van der Waals surface area contributed by atoms with Crippen molar-refractivity contribution in [2.45, 2.75) is 38.2 Å². The smallest absolute Gasteiger partial charge is 0.416 e. The quantitative estimate of drug-likeness (QED) is 0.400. The highest BCUT2D eigenvalue weighted by atomic mass is 32.1. The van der Waals surface area contributed by atoms with Gasteiger partial charge in [-0.3, -0.25) is 14.5 Å². The number of fused-ring (bicyclic) bond motifs is 2. The van der Waals surface area contributed by atoms with Gasteiger partial charge in [0, 0.05) is 42.3 Å². The molecule has 2 aliphatic heterocycles. The molecule has 0 amide bonds. The highest BCUT2D eigenvalue weighted by Crippen LogP contribution is 2.33. The number of imidazole rings is 1. The summed E-state index contributed by atoms with van der Waals surface area (Å²) in [6.07, 6.45) is -2.27. The maximum Gasteiger partial charge on any atom is 0.416 e. The Hall–Kier alpha value is -3.12. The van der Waals surface area contributed by atoms with Crippen molar-refractivity contribution in [2.75, 3.05) is 13.1 Å². The van der Waals surface area contributed by atoms with Crippen molar-refractivity contribution < 1.29 is 22.8 Å². The number of alkyl halides is 3. The minimum absolute atomic E-state index is 0. The molecule has 5 rings (SSSR count). The molecule has 0 saturated carbocycles. The highest BCUT2D eigenvalue weighted by molar-refractivity contribution is 7.59. The Morgan fingerprint density at radius 3 is 2.56 bits per heavy atom. The predicted molar refractivity (Wildman–Crippen MR) is 122 cm³/mol. The molecule has 1 aromatic carbocycles. The molecule has 34 heavy (non-hydrogen) atoms. The summed E-state index contributed by atoms with van der Waals surface area (Å²) in [5.41, 5.74) is 2.05. The third-order valence-corrected chi connectivity index (χ3v) is 5.95. The fourth-order valence-electron chi connectivity index (χ4n) is 4.44. The summed E-state index contributed by atoms with van der Waals surface area (Å²) in [7, 11) is 0. The van der Waals surface area contributed by atoms with Gasteiger partial charge in [-0.05, 0) is 35.6 Å². The van der Waals surface area contributed by atoms with Crippen LogP contribution in [0.3, 0.4) is 0 Å². The number of nitro groups is 1. The molecule has 1 atom stereocenters. The monoisotopic (exact) mass is 493 g/mol. The fourth-order valence-corrected chi connectivity index (χ4v) is 4.44. The summed E-state index contributed by atoms with van der Waals surface area (Å²) in [5, 5.41) is 10.9. The van der Waals surface area contributed by atoms with Crippen LogP contribution in [0.1, 0.15) is 23.7 Å². The molecule has 8 nitrogen and oxygen atoms in total. The van der Waals surface area contributed by atoms with Gasteiger partial charge in [0.25, 0.3) is 0 Å². The zero-order valence-electron chi connectivity index (χ0n) is 18.2. The molecule has 180 valence electrons. The summed E-state index contributed by atoms with van der Waals surface area (Å²) in [6.45, 7) is 4.45. The lowest BCUT2D eigenvalue weighted by Gasteiger charge is -2.34. The fraction of sp³-hybridized carbons (Fsp3) is 0.364. The van der Waals surface area contributed by atoms with Crippen molar-refractivity contribution in [3.8, 4) is 17.3 Å². The Labute approximate surface area is 200 Å². The van der Waals surface area contributed by atoms with E-state index in [2.05, 4.69) is 9.88 Å². The van der Waals surface area contributed by atoms with Crippen LogP contribution in [0.2, 0.25) is 0 Å². The van der Waals surface area contributed by atoms with E-state index in [1.165, 1.54) is 18.3 Å². The second kappa shape index (κ2) is 8.58. The van der Waals surface area contributed by atoms with Gasteiger partial charge in [-0.2, -0.15) is 26.7 Å². The first-order chi connectivity index (χ1) is 15.6. The van der Waals surface area contributed by atoms with Crippen LogP contribution >= 0.6 is 13.5 Å². The highest BCUT2D eigenvalue weighted by Gasteiger charge is 2.42. The normalized spacial score (nSPS) is 19.6. The molecule has 0 unspecified atom stereocenters. The average molecular weight is 494 g/mol. The first-order valence-corrected chi connectivity index (χ1v) is 10.4.